The molecule has 0 radical (unpaired) electrons. The van der Waals surface area contributed by atoms with Gasteiger partial charge in [0.15, 0.2) is 0 Å². The van der Waals surface area contributed by atoms with E-state index in [0.717, 1.165) is 16.9 Å². The van der Waals surface area contributed by atoms with Crippen molar-refractivity contribution in [1.82, 2.24) is 9.38 Å². The Morgan fingerprint density at radius 3 is 2.89 bits per heavy atom. The van der Waals surface area contributed by atoms with Crippen LogP contribution in [0.2, 0.25) is 0 Å². The fourth-order valence-electron chi connectivity index (χ4n) is 2.01. The number of pyridine rings is 1. The van der Waals surface area contributed by atoms with Crippen LogP contribution in [0, 0.1) is 13.8 Å². The molecule has 0 N–H and O–H groups in total. The topological polar surface area (TPSA) is 17.3 Å². The minimum atomic E-state index is 1.03. The largest absolute Gasteiger partial charge is 0.304 e. The first kappa shape index (κ1) is 11.2. The number of imidazole rings is 1. The molecule has 3 aromatic rings. The van der Waals surface area contributed by atoms with E-state index < -0.39 is 0 Å². The zero-order chi connectivity index (χ0) is 12.5. The van der Waals surface area contributed by atoms with Gasteiger partial charge in [0.25, 0.3) is 0 Å². The summed E-state index contributed by atoms with van der Waals surface area (Å²) in [5.74, 6) is 0. The van der Waals surface area contributed by atoms with Crippen LogP contribution >= 0.6 is 11.3 Å². The molecule has 0 saturated carbocycles. The molecule has 3 rings (SSSR count). The number of fused-ring (bicyclic) bond motifs is 1. The van der Waals surface area contributed by atoms with Crippen molar-refractivity contribution in [1.29, 1.82) is 0 Å². The van der Waals surface area contributed by atoms with Gasteiger partial charge in [-0.2, -0.15) is 11.3 Å². The minimum absolute atomic E-state index is 1.03. The second-order valence-electron chi connectivity index (χ2n) is 4.33. The highest BCUT2D eigenvalue weighted by Crippen LogP contribution is 2.18. The van der Waals surface area contributed by atoms with Crippen molar-refractivity contribution in [3.8, 4) is 0 Å². The third-order valence-corrected chi connectivity index (χ3v) is 3.86. The van der Waals surface area contributed by atoms with Crippen molar-refractivity contribution >= 4 is 29.1 Å². The number of aromatic nitrogens is 2. The molecule has 18 heavy (non-hydrogen) atoms. The van der Waals surface area contributed by atoms with Crippen LogP contribution in [-0.2, 0) is 0 Å². The van der Waals surface area contributed by atoms with Crippen LogP contribution in [0.1, 0.15) is 22.5 Å². The molecular weight excluding hydrogens is 240 g/mol. The van der Waals surface area contributed by atoms with Gasteiger partial charge in [-0.15, -0.1) is 0 Å². The summed E-state index contributed by atoms with van der Waals surface area (Å²) in [6.07, 6.45) is 6.32. The summed E-state index contributed by atoms with van der Waals surface area (Å²) in [4.78, 5) is 4.63. The van der Waals surface area contributed by atoms with E-state index in [-0.39, 0.29) is 0 Å². The first-order valence-electron chi connectivity index (χ1n) is 5.90. The van der Waals surface area contributed by atoms with Crippen LogP contribution in [-0.4, -0.2) is 9.38 Å². The van der Waals surface area contributed by atoms with Gasteiger partial charge in [0.1, 0.15) is 5.65 Å². The van der Waals surface area contributed by atoms with Gasteiger partial charge in [-0.05, 0) is 48.4 Å². The van der Waals surface area contributed by atoms with Crippen molar-refractivity contribution < 1.29 is 0 Å². The summed E-state index contributed by atoms with van der Waals surface area (Å²) in [6.45, 7) is 4.15. The molecule has 0 atom stereocenters. The summed E-state index contributed by atoms with van der Waals surface area (Å²) in [5, 5.41) is 4.22. The second-order valence-corrected chi connectivity index (χ2v) is 5.11. The van der Waals surface area contributed by atoms with Gasteiger partial charge < -0.3 is 4.40 Å². The third kappa shape index (κ3) is 1.87. The van der Waals surface area contributed by atoms with E-state index in [1.807, 2.05) is 0 Å². The maximum atomic E-state index is 4.63. The molecule has 2 nitrogen and oxygen atoms in total. The van der Waals surface area contributed by atoms with Gasteiger partial charge in [0, 0.05) is 17.5 Å². The summed E-state index contributed by atoms with van der Waals surface area (Å²) in [6, 6.07) is 6.28. The predicted octanol–water partition coefficient (Wildman–Crippen LogP) is 4.18. The van der Waals surface area contributed by atoms with Crippen molar-refractivity contribution in [3.63, 3.8) is 0 Å². The Kier molecular flexibility index (Phi) is 2.76. The lowest BCUT2D eigenvalue weighted by molar-refractivity contribution is 1.09. The van der Waals surface area contributed by atoms with E-state index in [1.165, 1.54) is 11.3 Å². The van der Waals surface area contributed by atoms with E-state index >= 15 is 0 Å². The molecule has 90 valence electrons. The van der Waals surface area contributed by atoms with Crippen molar-refractivity contribution in [2.24, 2.45) is 0 Å². The highest BCUT2D eigenvalue weighted by molar-refractivity contribution is 7.08. The molecule has 0 saturated heterocycles. The van der Waals surface area contributed by atoms with Crippen molar-refractivity contribution in [2.75, 3.05) is 0 Å². The first-order chi connectivity index (χ1) is 8.75. The lowest BCUT2D eigenvalue weighted by Gasteiger charge is -1.99. The van der Waals surface area contributed by atoms with Gasteiger partial charge in [-0.1, -0.05) is 12.2 Å². The van der Waals surface area contributed by atoms with Crippen LogP contribution < -0.4 is 0 Å². The molecule has 0 aliphatic carbocycles. The van der Waals surface area contributed by atoms with Gasteiger partial charge >= 0.3 is 0 Å². The normalized spacial score (nSPS) is 11.7. The Morgan fingerprint density at radius 2 is 2.11 bits per heavy atom. The summed E-state index contributed by atoms with van der Waals surface area (Å²) >= 11 is 1.71. The summed E-state index contributed by atoms with van der Waals surface area (Å²) in [5.41, 5.74) is 5.71. The molecule has 0 aromatic carbocycles. The van der Waals surface area contributed by atoms with E-state index in [9.17, 15) is 0 Å². The molecule has 0 amide bonds. The van der Waals surface area contributed by atoms with E-state index in [2.05, 4.69) is 70.5 Å². The fraction of sp³-hybridized carbons (Fsp3) is 0.133. The zero-order valence-electron chi connectivity index (χ0n) is 10.4. The maximum Gasteiger partial charge on any atom is 0.144 e. The highest BCUT2D eigenvalue weighted by Gasteiger charge is 2.05. The Hall–Kier alpha value is -1.87. The third-order valence-electron chi connectivity index (χ3n) is 3.15. The first-order valence-corrected chi connectivity index (χ1v) is 6.84. The standard InChI is InChI=1S/C15H14N2S/c1-11-12(2)17-8-3-4-14(15(17)16-11)6-5-13-7-9-18-10-13/h3-10H,1-2H3/b6-5-. The van der Waals surface area contributed by atoms with Gasteiger partial charge in [-0.25, -0.2) is 4.98 Å². The molecule has 3 heteroatoms. The number of rotatable bonds is 2. The zero-order valence-corrected chi connectivity index (χ0v) is 11.2. The van der Waals surface area contributed by atoms with Crippen molar-refractivity contribution in [2.45, 2.75) is 13.8 Å². The lowest BCUT2D eigenvalue weighted by atomic mass is 10.2. The Balaban J connectivity index is 2.10. The van der Waals surface area contributed by atoms with E-state index in [0.29, 0.717) is 0 Å². The van der Waals surface area contributed by atoms with Crippen LogP contribution in [0.3, 0.4) is 0 Å². The number of hydrogen-bond acceptors (Lipinski definition) is 2. The monoisotopic (exact) mass is 254 g/mol. The van der Waals surface area contributed by atoms with Crippen LogP contribution in [0.15, 0.2) is 35.2 Å². The fourth-order valence-corrected chi connectivity index (χ4v) is 2.63. The molecule has 0 fully saturated rings. The SMILES string of the molecule is Cc1nc2c(/C=C\c3ccsc3)cccn2c1C. The highest BCUT2D eigenvalue weighted by atomic mass is 32.1. The molecule has 0 aliphatic heterocycles. The van der Waals surface area contributed by atoms with E-state index in [4.69, 9.17) is 0 Å². The quantitative estimate of drug-likeness (QED) is 0.670. The molecule has 0 aliphatic rings. The van der Waals surface area contributed by atoms with Crippen LogP contribution in [0.4, 0.5) is 0 Å². The predicted molar refractivity (Wildman–Crippen MR) is 77.9 cm³/mol. The van der Waals surface area contributed by atoms with Gasteiger partial charge in [0.2, 0.25) is 0 Å². The minimum Gasteiger partial charge on any atom is -0.304 e. The average molecular weight is 254 g/mol. The van der Waals surface area contributed by atoms with Crippen LogP contribution in [0.5, 0.6) is 0 Å². The maximum absolute atomic E-state index is 4.63. The Labute approximate surface area is 110 Å². The number of hydrogen-bond donors (Lipinski definition) is 0. The number of aryl methyl sites for hydroxylation is 2. The molecule has 0 spiro atoms. The molecule has 3 heterocycles. The molecular formula is C15H14N2S. The van der Waals surface area contributed by atoms with E-state index in [1.54, 1.807) is 11.3 Å². The molecule has 3 aromatic heterocycles. The van der Waals surface area contributed by atoms with Crippen LogP contribution in [0.25, 0.3) is 17.8 Å². The Bertz CT molecular complexity index is 706. The number of nitrogens with zero attached hydrogens (tertiary/aromatic N) is 2. The van der Waals surface area contributed by atoms with Gasteiger partial charge in [-0.3, -0.25) is 0 Å². The smallest absolute Gasteiger partial charge is 0.144 e. The Morgan fingerprint density at radius 1 is 1.22 bits per heavy atom. The average Bonchev–Trinajstić information content (AvgIpc) is 2.98. The summed E-state index contributed by atoms with van der Waals surface area (Å²) in [7, 11) is 0. The second kappa shape index (κ2) is 4.42. The lowest BCUT2D eigenvalue weighted by Crippen LogP contribution is -1.88. The molecule has 0 bridgehead atoms. The van der Waals surface area contributed by atoms with Gasteiger partial charge in [0.05, 0.1) is 5.69 Å². The molecule has 0 unspecified atom stereocenters. The summed E-state index contributed by atoms with van der Waals surface area (Å²) < 4.78 is 2.14. The van der Waals surface area contributed by atoms with Crippen molar-refractivity contribution in [3.05, 3.63) is 57.7 Å². The number of thiophene rings is 1.